The van der Waals surface area contributed by atoms with E-state index in [0.29, 0.717) is 12.1 Å². The Bertz CT molecular complexity index is 987. The van der Waals surface area contributed by atoms with Gasteiger partial charge in [0.1, 0.15) is 6.17 Å². The van der Waals surface area contributed by atoms with Gasteiger partial charge in [-0.2, -0.15) is 0 Å². The average Bonchev–Trinajstić information content (AvgIpc) is 2.71. The van der Waals surface area contributed by atoms with Crippen LogP contribution in [0.5, 0.6) is 0 Å². The first-order valence-corrected chi connectivity index (χ1v) is 8.58. The van der Waals surface area contributed by atoms with Gasteiger partial charge in [-0.25, -0.2) is 0 Å². The van der Waals surface area contributed by atoms with E-state index in [0.717, 1.165) is 16.8 Å². The van der Waals surface area contributed by atoms with Crippen LogP contribution in [0.25, 0.3) is 0 Å². The molecule has 1 aliphatic heterocycles. The summed E-state index contributed by atoms with van der Waals surface area (Å²) in [7, 11) is 0. The second-order valence-corrected chi connectivity index (χ2v) is 6.36. The number of nitrogens with zero attached hydrogens (tertiary/aromatic N) is 2. The van der Waals surface area contributed by atoms with Crippen LogP contribution in [0.3, 0.4) is 0 Å². The van der Waals surface area contributed by atoms with Crippen molar-refractivity contribution in [1.29, 1.82) is 0 Å². The number of nitro groups is 1. The summed E-state index contributed by atoms with van der Waals surface area (Å²) in [5.41, 5.74) is 3.20. The molecule has 1 aliphatic rings. The van der Waals surface area contributed by atoms with Crippen molar-refractivity contribution in [3.8, 4) is 0 Å². The summed E-state index contributed by atoms with van der Waals surface area (Å²) in [5.74, 6) is -0.0726. The standard InChI is InChI=1S/C21H17N3O3/c25-21-18-8-4-5-9-19(18)22-20(16-10-12-17(13-11-16)24(26)27)23(21)14-15-6-2-1-3-7-15/h1-13,20,22H,14H2/t20-/m0/s1. The van der Waals surface area contributed by atoms with Gasteiger partial charge in [-0.15, -0.1) is 0 Å². The van der Waals surface area contributed by atoms with Crippen molar-refractivity contribution in [2.24, 2.45) is 0 Å². The Morgan fingerprint density at radius 2 is 1.59 bits per heavy atom. The number of rotatable bonds is 4. The summed E-state index contributed by atoms with van der Waals surface area (Å²) < 4.78 is 0. The van der Waals surface area contributed by atoms with E-state index in [1.165, 1.54) is 12.1 Å². The highest BCUT2D eigenvalue weighted by Crippen LogP contribution is 2.34. The maximum absolute atomic E-state index is 13.2. The van der Waals surface area contributed by atoms with E-state index in [1.807, 2.05) is 48.5 Å². The number of carbonyl (C=O) groups is 1. The first kappa shape index (κ1) is 16.8. The van der Waals surface area contributed by atoms with E-state index in [4.69, 9.17) is 0 Å². The lowest BCUT2D eigenvalue weighted by Gasteiger charge is -2.38. The molecule has 0 aromatic heterocycles. The lowest BCUT2D eigenvalue weighted by molar-refractivity contribution is -0.384. The fraction of sp³-hybridized carbons (Fsp3) is 0.0952. The van der Waals surface area contributed by atoms with E-state index in [9.17, 15) is 14.9 Å². The van der Waals surface area contributed by atoms with Gasteiger partial charge in [0.15, 0.2) is 0 Å². The molecule has 0 spiro atoms. The van der Waals surface area contributed by atoms with Crippen molar-refractivity contribution >= 4 is 17.3 Å². The van der Waals surface area contributed by atoms with E-state index in [1.54, 1.807) is 23.1 Å². The van der Waals surface area contributed by atoms with Crippen LogP contribution in [0.4, 0.5) is 11.4 Å². The maximum Gasteiger partial charge on any atom is 0.269 e. The van der Waals surface area contributed by atoms with Crippen LogP contribution in [0.1, 0.15) is 27.7 Å². The lowest BCUT2D eigenvalue weighted by atomic mass is 10.0. The number of non-ortho nitro benzene ring substituents is 1. The van der Waals surface area contributed by atoms with Gasteiger partial charge in [0.25, 0.3) is 11.6 Å². The molecule has 6 heteroatoms. The molecule has 6 nitrogen and oxygen atoms in total. The number of nitro benzene ring substituents is 1. The maximum atomic E-state index is 13.2. The Morgan fingerprint density at radius 1 is 0.926 bits per heavy atom. The highest BCUT2D eigenvalue weighted by Gasteiger charge is 2.32. The summed E-state index contributed by atoms with van der Waals surface area (Å²) in [6.07, 6.45) is -0.409. The SMILES string of the molecule is O=C1c2ccccc2N[C@H](c2ccc([N+](=O)[O-])cc2)N1Cc1ccccc1. The fourth-order valence-electron chi connectivity index (χ4n) is 3.28. The van der Waals surface area contributed by atoms with Crippen LogP contribution >= 0.6 is 0 Å². The van der Waals surface area contributed by atoms with Crippen LogP contribution in [0.15, 0.2) is 78.9 Å². The molecule has 0 saturated heterocycles. The molecule has 1 heterocycles. The third-order valence-electron chi connectivity index (χ3n) is 4.64. The van der Waals surface area contributed by atoms with Crippen LogP contribution < -0.4 is 5.32 Å². The minimum atomic E-state index is -0.430. The predicted octanol–water partition coefficient (Wildman–Crippen LogP) is 4.36. The Kier molecular flexibility index (Phi) is 4.30. The molecule has 4 rings (SSSR count). The van der Waals surface area contributed by atoms with E-state index in [-0.39, 0.29) is 11.6 Å². The van der Waals surface area contributed by atoms with E-state index < -0.39 is 11.1 Å². The highest BCUT2D eigenvalue weighted by molar-refractivity contribution is 6.01. The minimum Gasteiger partial charge on any atom is -0.361 e. The number of amides is 1. The molecular formula is C21H17N3O3. The molecule has 3 aromatic rings. The zero-order valence-electron chi connectivity index (χ0n) is 14.4. The van der Waals surface area contributed by atoms with Crippen molar-refractivity contribution in [3.63, 3.8) is 0 Å². The Hall–Kier alpha value is -3.67. The van der Waals surface area contributed by atoms with Gasteiger partial charge in [0.05, 0.1) is 10.5 Å². The Morgan fingerprint density at radius 3 is 2.30 bits per heavy atom. The van der Waals surface area contributed by atoms with Gasteiger partial charge in [-0.05, 0) is 35.4 Å². The molecule has 0 radical (unpaired) electrons. The van der Waals surface area contributed by atoms with Crippen molar-refractivity contribution in [1.82, 2.24) is 4.90 Å². The van der Waals surface area contributed by atoms with Gasteiger partial charge in [-0.1, -0.05) is 42.5 Å². The van der Waals surface area contributed by atoms with Crippen LogP contribution in [0.2, 0.25) is 0 Å². The zero-order chi connectivity index (χ0) is 18.8. The predicted molar refractivity (Wildman–Crippen MR) is 102 cm³/mol. The molecule has 1 N–H and O–H groups in total. The number of fused-ring (bicyclic) bond motifs is 1. The summed E-state index contributed by atoms with van der Waals surface area (Å²) in [5, 5.41) is 14.3. The second-order valence-electron chi connectivity index (χ2n) is 6.36. The summed E-state index contributed by atoms with van der Waals surface area (Å²) in [6, 6.07) is 23.4. The molecule has 134 valence electrons. The van der Waals surface area contributed by atoms with E-state index >= 15 is 0 Å². The monoisotopic (exact) mass is 359 g/mol. The minimum absolute atomic E-state index is 0.0240. The Labute approximate surface area is 156 Å². The quantitative estimate of drug-likeness (QED) is 0.555. The third-order valence-corrected chi connectivity index (χ3v) is 4.64. The molecule has 1 amide bonds. The van der Waals surface area contributed by atoms with Crippen molar-refractivity contribution < 1.29 is 9.72 Å². The second kappa shape index (κ2) is 6.92. The summed E-state index contributed by atoms with van der Waals surface area (Å²) in [4.78, 5) is 25.4. The van der Waals surface area contributed by atoms with Crippen molar-refractivity contribution in [3.05, 3.63) is 106 Å². The topological polar surface area (TPSA) is 75.5 Å². The number of nitrogens with one attached hydrogen (secondary N) is 1. The molecule has 0 fully saturated rings. The van der Waals surface area contributed by atoms with Gasteiger partial charge >= 0.3 is 0 Å². The fourth-order valence-corrected chi connectivity index (χ4v) is 3.28. The number of hydrogen-bond acceptors (Lipinski definition) is 4. The summed E-state index contributed by atoms with van der Waals surface area (Å²) in [6.45, 7) is 0.433. The third kappa shape index (κ3) is 3.25. The summed E-state index contributed by atoms with van der Waals surface area (Å²) >= 11 is 0. The zero-order valence-corrected chi connectivity index (χ0v) is 14.4. The molecular weight excluding hydrogens is 342 g/mol. The van der Waals surface area contributed by atoms with Gasteiger partial charge in [0, 0.05) is 24.4 Å². The number of para-hydroxylation sites is 1. The molecule has 0 aliphatic carbocycles. The van der Waals surface area contributed by atoms with Crippen LogP contribution in [-0.4, -0.2) is 15.7 Å². The number of anilines is 1. The molecule has 27 heavy (non-hydrogen) atoms. The normalized spacial score (nSPS) is 15.8. The van der Waals surface area contributed by atoms with Gasteiger partial charge in [-0.3, -0.25) is 14.9 Å². The largest absolute Gasteiger partial charge is 0.361 e. The molecule has 0 unspecified atom stereocenters. The molecule has 0 saturated carbocycles. The van der Waals surface area contributed by atoms with E-state index in [2.05, 4.69) is 5.32 Å². The average molecular weight is 359 g/mol. The van der Waals surface area contributed by atoms with Crippen molar-refractivity contribution in [2.75, 3.05) is 5.32 Å². The first-order chi connectivity index (χ1) is 13.1. The van der Waals surface area contributed by atoms with Crippen molar-refractivity contribution in [2.45, 2.75) is 12.7 Å². The van der Waals surface area contributed by atoms with Crippen LogP contribution in [-0.2, 0) is 6.54 Å². The first-order valence-electron chi connectivity index (χ1n) is 8.58. The lowest BCUT2D eigenvalue weighted by Crippen LogP contribution is -2.42. The Balaban J connectivity index is 1.74. The molecule has 3 aromatic carbocycles. The molecule has 0 bridgehead atoms. The number of hydrogen-bond donors (Lipinski definition) is 1. The number of carbonyl (C=O) groups excluding carboxylic acids is 1. The highest BCUT2D eigenvalue weighted by atomic mass is 16.6. The van der Waals surface area contributed by atoms with Crippen LogP contribution in [0, 0.1) is 10.1 Å². The smallest absolute Gasteiger partial charge is 0.269 e. The number of benzene rings is 3. The van der Waals surface area contributed by atoms with Gasteiger partial charge in [0.2, 0.25) is 0 Å². The van der Waals surface area contributed by atoms with Gasteiger partial charge < -0.3 is 10.2 Å². The molecule has 1 atom stereocenters.